The molecule has 2 saturated carbocycles. The van der Waals surface area contributed by atoms with Gasteiger partial charge >= 0.3 is 0 Å². The van der Waals surface area contributed by atoms with Crippen molar-refractivity contribution in [1.82, 2.24) is 4.31 Å². The number of hydrogen-bond donors (Lipinski definition) is 1. The maximum atomic E-state index is 14.0. The van der Waals surface area contributed by atoms with Gasteiger partial charge in [0.15, 0.2) is 17.7 Å². The molecule has 1 aliphatic heterocycles. The minimum atomic E-state index is -4.02. The third-order valence-electron chi connectivity index (χ3n) is 9.06. The van der Waals surface area contributed by atoms with E-state index in [0.717, 1.165) is 12.0 Å². The van der Waals surface area contributed by atoms with Crippen LogP contribution in [0.2, 0.25) is 0 Å². The van der Waals surface area contributed by atoms with Crippen LogP contribution in [0, 0.1) is 16.7 Å². The van der Waals surface area contributed by atoms with Gasteiger partial charge in [0, 0.05) is 31.1 Å². The van der Waals surface area contributed by atoms with Crippen LogP contribution < -0.4 is 9.47 Å². The number of Topliss-reactive ketones (excluding diaryl/α,β-unsaturated/α-hetero) is 1. The summed E-state index contributed by atoms with van der Waals surface area (Å²) in [5.74, 6) is 0.753. The van der Waals surface area contributed by atoms with E-state index in [-0.39, 0.29) is 30.6 Å². The lowest BCUT2D eigenvalue weighted by molar-refractivity contribution is -0.128. The van der Waals surface area contributed by atoms with Gasteiger partial charge in [-0.25, -0.2) is 8.42 Å². The molecule has 1 N–H and O–H groups in total. The monoisotopic (exact) mass is 529 g/mol. The molecular formula is C28H35NO7S. The van der Waals surface area contributed by atoms with Crippen molar-refractivity contribution < 1.29 is 32.5 Å². The number of aliphatic hydroxyl groups excluding tert-OH is 1. The van der Waals surface area contributed by atoms with Crippen LogP contribution in [-0.4, -0.2) is 49.8 Å². The van der Waals surface area contributed by atoms with Crippen LogP contribution in [0.25, 0.3) is 0 Å². The van der Waals surface area contributed by atoms with Gasteiger partial charge in [0.25, 0.3) is 0 Å². The van der Waals surface area contributed by atoms with E-state index in [9.17, 15) is 18.3 Å². The molecule has 4 atom stereocenters. The summed E-state index contributed by atoms with van der Waals surface area (Å²) >= 11 is 0. The Morgan fingerprint density at radius 3 is 2.43 bits per heavy atom. The third kappa shape index (κ3) is 4.07. The number of nitrogens with zero attached hydrogens (tertiary/aromatic N) is 1. The van der Waals surface area contributed by atoms with Crippen molar-refractivity contribution in [3.8, 4) is 11.5 Å². The van der Waals surface area contributed by atoms with E-state index < -0.39 is 33.2 Å². The fourth-order valence-electron chi connectivity index (χ4n) is 6.67. The van der Waals surface area contributed by atoms with Crippen molar-refractivity contribution >= 4 is 15.8 Å². The van der Waals surface area contributed by atoms with Gasteiger partial charge in [-0.2, -0.15) is 4.31 Å². The summed E-state index contributed by atoms with van der Waals surface area (Å²) < 4.78 is 46.5. The molecule has 5 rings (SSSR count). The highest BCUT2D eigenvalue weighted by molar-refractivity contribution is 7.89. The van der Waals surface area contributed by atoms with Crippen molar-refractivity contribution in [1.29, 1.82) is 0 Å². The van der Waals surface area contributed by atoms with E-state index >= 15 is 0 Å². The van der Waals surface area contributed by atoms with Crippen molar-refractivity contribution in [2.24, 2.45) is 16.7 Å². The zero-order valence-electron chi connectivity index (χ0n) is 21.8. The second-order valence-corrected chi connectivity index (χ2v) is 12.9. The van der Waals surface area contributed by atoms with Crippen molar-refractivity contribution in [2.75, 3.05) is 20.0 Å². The first-order chi connectivity index (χ1) is 17.6. The minimum Gasteiger partial charge on any atom is -0.493 e. The second kappa shape index (κ2) is 9.38. The summed E-state index contributed by atoms with van der Waals surface area (Å²) in [6.07, 6.45) is -0.527. The van der Waals surface area contributed by atoms with Crippen LogP contribution in [-0.2, 0) is 32.7 Å². The highest BCUT2D eigenvalue weighted by Crippen LogP contribution is 2.64. The molecule has 2 aromatic rings. The van der Waals surface area contributed by atoms with E-state index in [1.807, 2.05) is 44.2 Å². The Morgan fingerprint density at radius 1 is 1.11 bits per heavy atom. The molecule has 0 radical (unpaired) electrons. The van der Waals surface area contributed by atoms with E-state index in [0.29, 0.717) is 35.5 Å². The van der Waals surface area contributed by atoms with E-state index in [1.54, 1.807) is 12.1 Å². The maximum Gasteiger partial charge on any atom is 0.217 e. The van der Waals surface area contributed by atoms with E-state index in [4.69, 9.17) is 14.2 Å². The molecule has 2 fully saturated rings. The number of ketones is 1. The molecule has 0 unspecified atom stereocenters. The molecule has 1 heterocycles. The summed E-state index contributed by atoms with van der Waals surface area (Å²) in [4.78, 5) is 13.1. The molecule has 2 aliphatic carbocycles. The fraction of sp³-hybridized carbons (Fsp3) is 0.536. The zero-order chi connectivity index (χ0) is 26.6. The van der Waals surface area contributed by atoms with Crippen LogP contribution in [0.15, 0.2) is 42.5 Å². The van der Waals surface area contributed by atoms with Crippen molar-refractivity contribution in [3.63, 3.8) is 0 Å². The molecule has 37 heavy (non-hydrogen) atoms. The van der Waals surface area contributed by atoms with Gasteiger partial charge in [0.05, 0.1) is 12.9 Å². The Kier molecular flexibility index (Phi) is 6.63. The Bertz CT molecular complexity index is 1290. The number of hydrogen-bond acceptors (Lipinski definition) is 7. The Hall–Kier alpha value is -2.46. The van der Waals surface area contributed by atoms with Crippen LogP contribution in [0.3, 0.4) is 0 Å². The lowest BCUT2D eigenvalue weighted by Crippen LogP contribution is -2.52. The number of fused-ring (bicyclic) bond motifs is 3. The average Bonchev–Trinajstić information content (AvgIpc) is 3.22. The standard InChI is InChI=1S/C28H35NO7S/c1-27(2)19-12-13-28(27,23(30)14-19)17-37(32,33)29-15-21-20(24(31)26(29)35-4)10-11-22(34-3)25(21)36-16-18-8-6-5-7-9-18/h5-11,19,24,26,31H,12-17H2,1-4H3/t19-,24-,26+,28-/m1/s1. The van der Waals surface area contributed by atoms with Crippen LogP contribution in [0.4, 0.5) is 0 Å². The van der Waals surface area contributed by atoms with Crippen LogP contribution in [0.1, 0.15) is 55.9 Å². The highest BCUT2D eigenvalue weighted by Gasteiger charge is 2.66. The maximum absolute atomic E-state index is 14.0. The number of sulfonamides is 1. The first kappa shape index (κ1) is 26.2. The predicted molar refractivity (Wildman–Crippen MR) is 137 cm³/mol. The third-order valence-corrected chi connectivity index (χ3v) is 11.0. The first-order valence-electron chi connectivity index (χ1n) is 12.7. The molecule has 0 amide bonds. The number of rotatable bonds is 8. The molecule has 2 aromatic carbocycles. The number of methoxy groups -OCH3 is 2. The second-order valence-electron chi connectivity index (χ2n) is 11.0. The summed E-state index contributed by atoms with van der Waals surface area (Å²) in [7, 11) is -1.12. The Balaban J connectivity index is 1.52. The van der Waals surface area contributed by atoms with Crippen molar-refractivity contribution in [2.45, 2.75) is 58.6 Å². The van der Waals surface area contributed by atoms with Crippen LogP contribution >= 0.6 is 0 Å². The summed E-state index contributed by atoms with van der Waals surface area (Å²) in [6, 6.07) is 13.0. The summed E-state index contributed by atoms with van der Waals surface area (Å²) in [5.41, 5.74) is 0.659. The number of carbonyl (C=O) groups excluding carboxylic acids is 1. The Morgan fingerprint density at radius 2 is 1.84 bits per heavy atom. The molecule has 200 valence electrons. The van der Waals surface area contributed by atoms with E-state index in [2.05, 4.69) is 0 Å². The van der Waals surface area contributed by atoms with E-state index in [1.165, 1.54) is 18.5 Å². The Labute approximate surface area is 218 Å². The first-order valence-corrected chi connectivity index (χ1v) is 14.3. The SMILES string of the molecule is COc1ccc2c(c1OCc1ccccc1)CN(S(=O)(=O)C[C@]13CC[C@H](CC1=O)C3(C)C)[C@@H](OC)[C@@H]2O. The van der Waals surface area contributed by atoms with Gasteiger partial charge in [-0.1, -0.05) is 50.2 Å². The highest BCUT2D eigenvalue weighted by atomic mass is 32.2. The number of aliphatic hydroxyl groups is 1. The van der Waals surface area contributed by atoms with Crippen molar-refractivity contribution in [3.05, 3.63) is 59.2 Å². The fourth-order valence-corrected chi connectivity index (χ4v) is 8.98. The average molecular weight is 530 g/mol. The van der Waals surface area contributed by atoms with Gasteiger partial charge in [0.2, 0.25) is 10.0 Å². The normalized spacial score (nSPS) is 28.8. The molecule has 0 aromatic heterocycles. The molecule has 9 heteroatoms. The topological polar surface area (TPSA) is 102 Å². The number of ether oxygens (including phenoxy) is 3. The lowest BCUT2D eigenvalue weighted by atomic mass is 9.70. The van der Waals surface area contributed by atoms with Crippen LogP contribution in [0.5, 0.6) is 11.5 Å². The molecule has 8 nitrogen and oxygen atoms in total. The summed E-state index contributed by atoms with van der Waals surface area (Å²) in [6.45, 7) is 4.21. The minimum absolute atomic E-state index is 0.0257. The quantitative estimate of drug-likeness (QED) is 0.555. The van der Waals surface area contributed by atoms with Gasteiger partial charge in [-0.15, -0.1) is 0 Å². The van der Waals surface area contributed by atoms with Gasteiger partial charge in [-0.05, 0) is 41.4 Å². The van der Waals surface area contributed by atoms with Gasteiger partial charge in [-0.3, -0.25) is 4.79 Å². The number of benzene rings is 2. The number of carbonyl (C=O) groups is 1. The molecule has 2 bridgehead atoms. The largest absolute Gasteiger partial charge is 0.493 e. The summed E-state index contributed by atoms with van der Waals surface area (Å²) in [5, 5.41) is 11.3. The molecule has 3 aliphatic rings. The lowest BCUT2D eigenvalue weighted by Gasteiger charge is -2.42. The smallest absolute Gasteiger partial charge is 0.217 e. The predicted octanol–water partition coefficient (Wildman–Crippen LogP) is 3.82. The van der Waals surface area contributed by atoms with Gasteiger partial charge in [0.1, 0.15) is 18.5 Å². The molecule has 0 spiro atoms. The molecular weight excluding hydrogens is 494 g/mol. The van der Waals surface area contributed by atoms with Gasteiger partial charge < -0.3 is 19.3 Å². The zero-order valence-corrected chi connectivity index (χ0v) is 22.6. The molecule has 0 saturated heterocycles.